The van der Waals surface area contributed by atoms with E-state index in [-0.39, 0.29) is 11.6 Å². The Bertz CT molecular complexity index is 509. The van der Waals surface area contributed by atoms with Gasteiger partial charge in [0.25, 0.3) is 0 Å². The van der Waals surface area contributed by atoms with E-state index in [0.717, 1.165) is 28.5 Å². The first-order valence-corrected chi connectivity index (χ1v) is 7.11. The second-order valence-corrected chi connectivity index (χ2v) is 4.90. The maximum atomic E-state index is 13.0. The smallest absolute Gasteiger partial charge is 0.123 e. The molecule has 98 valence electrons. The van der Waals surface area contributed by atoms with E-state index in [4.69, 9.17) is 0 Å². The van der Waals surface area contributed by atoms with Gasteiger partial charge in [-0.2, -0.15) is 0 Å². The van der Waals surface area contributed by atoms with Crippen molar-refractivity contribution in [3.05, 3.63) is 77.4 Å². The second kappa shape index (κ2) is 6.62. The van der Waals surface area contributed by atoms with Crippen LogP contribution in [0.1, 0.15) is 17.5 Å². The highest BCUT2D eigenvalue weighted by molar-refractivity contribution is 9.09. The molecule has 0 amide bonds. The van der Waals surface area contributed by atoms with E-state index < -0.39 is 0 Å². The molecule has 0 fully saturated rings. The summed E-state index contributed by atoms with van der Waals surface area (Å²) in [6, 6.07) is 12.7. The lowest BCUT2D eigenvalue weighted by Crippen LogP contribution is -1.90. The second-order valence-electron chi connectivity index (χ2n) is 4.11. The van der Waals surface area contributed by atoms with Crippen LogP contribution in [0.4, 0.5) is 8.78 Å². The summed E-state index contributed by atoms with van der Waals surface area (Å²) in [5.41, 5.74) is 2.84. The van der Waals surface area contributed by atoms with Crippen LogP contribution in [0.3, 0.4) is 0 Å². The minimum absolute atomic E-state index is 0.261. The molecule has 0 aliphatic carbocycles. The summed E-state index contributed by atoms with van der Waals surface area (Å²) in [7, 11) is 0. The first-order chi connectivity index (χ1) is 9.20. The Balaban J connectivity index is 2.41. The van der Waals surface area contributed by atoms with Gasteiger partial charge in [-0.05, 0) is 47.4 Å². The van der Waals surface area contributed by atoms with Crippen molar-refractivity contribution >= 4 is 21.5 Å². The normalized spacial score (nSPS) is 10.3. The van der Waals surface area contributed by atoms with Gasteiger partial charge in [0.15, 0.2) is 0 Å². The van der Waals surface area contributed by atoms with Crippen molar-refractivity contribution in [3.8, 4) is 0 Å². The number of halogens is 3. The molecule has 0 aliphatic heterocycles. The van der Waals surface area contributed by atoms with E-state index in [0.29, 0.717) is 0 Å². The molecule has 0 spiro atoms. The van der Waals surface area contributed by atoms with Crippen LogP contribution < -0.4 is 0 Å². The van der Waals surface area contributed by atoms with Crippen molar-refractivity contribution in [1.29, 1.82) is 0 Å². The first-order valence-electron chi connectivity index (χ1n) is 5.98. The highest BCUT2D eigenvalue weighted by atomic mass is 79.9. The van der Waals surface area contributed by atoms with Crippen LogP contribution in [0.15, 0.2) is 54.6 Å². The van der Waals surface area contributed by atoms with Crippen molar-refractivity contribution in [1.82, 2.24) is 0 Å². The Hall–Kier alpha value is -1.48. The van der Waals surface area contributed by atoms with Crippen molar-refractivity contribution in [2.75, 3.05) is 5.33 Å². The molecule has 0 bridgehead atoms. The minimum Gasteiger partial charge on any atom is -0.207 e. The Morgan fingerprint density at radius 3 is 1.63 bits per heavy atom. The molecule has 19 heavy (non-hydrogen) atoms. The molecule has 0 saturated heterocycles. The number of alkyl halides is 1. The minimum atomic E-state index is -0.261. The van der Waals surface area contributed by atoms with E-state index in [1.165, 1.54) is 24.3 Å². The summed E-state index contributed by atoms with van der Waals surface area (Å²) in [4.78, 5) is 0. The Labute approximate surface area is 119 Å². The van der Waals surface area contributed by atoms with Gasteiger partial charge in [0.2, 0.25) is 0 Å². The van der Waals surface area contributed by atoms with E-state index in [9.17, 15) is 8.78 Å². The average Bonchev–Trinajstić information content (AvgIpc) is 2.43. The molecule has 0 N–H and O–H groups in total. The summed E-state index contributed by atoms with van der Waals surface area (Å²) >= 11 is 3.38. The molecule has 0 atom stereocenters. The summed E-state index contributed by atoms with van der Waals surface area (Å²) < 4.78 is 26.0. The lowest BCUT2D eigenvalue weighted by molar-refractivity contribution is 0.627. The van der Waals surface area contributed by atoms with Gasteiger partial charge >= 0.3 is 0 Å². The lowest BCUT2D eigenvalue weighted by atomic mass is 9.97. The quantitative estimate of drug-likeness (QED) is 0.680. The number of allylic oxidation sites excluding steroid dienone is 1. The van der Waals surface area contributed by atoms with Gasteiger partial charge in [0.05, 0.1) is 0 Å². The maximum Gasteiger partial charge on any atom is 0.123 e. The third kappa shape index (κ3) is 3.74. The molecular formula is C16H13BrF2. The molecule has 0 nitrogen and oxygen atoms in total. The topological polar surface area (TPSA) is 0 Å². The summed E-state index contributed by atoms with van der Waals surface area (Å²) in [5, 5.41) is 0.846. The maximum absolute atomic E-state index is 13.0. The molecule has 0 unspecified atom stereocenters. The zero-order valence-corrected chi connectivity index (χ0v) is 11.8. The predicted octanol–water partition coefficient (Wildman–Crippen LogP) is 5.18. The molecule has 2 aromatic rings. The third-order valence-electron chi connectivity index (χ3n) is 2.77. The summed E-state index contributed by atoms with van der Waals surface area (Å²) in [6.07, 6.45) is 2.92. The number of benzene rings is 2. The number of hydrogen-bond acceptors (Lipinski definition) is 0. The number of rotatable bonds is 4. The zero-order chi connectivity index (χ0) is 13.7. The van der Waals surface area contributed by atoms with Crippen LogP contribution in [0.2, 0.25) is 0 Å². The molecule has 0 heterocycles. The van der Waals surface area contributed by atoms with Crippen LogP contribution in [0.25, 0.3) is 5.57 Å². The molecule has 2 rings (SSSR count). The van der Waals surface area contributed by atoms with Gasteiger partial charge in [-0.15, -0.1) is 0 Å². The van der Waals surface area contributed by atoms with Gasteiger partial charge < -0.3 is 0 Å². The Kier molecular flexibility index (Phi) is 4.86. The fourth-order valence-electron chi connectivity index (χ4n) is 1.86. The van der Waals surface area contributed by atoms with E-state index in [1.807, 2.05) is 0 Å². The predicted molar refractivity (Wildman–Crippen MR) is 78.3 cm³/mol. The van der Waals surface area contributed by atoms with Gasteiger partial charge in [0, 0.05) is 5.33 Å². The molecule has 0 radical (unpaired) electrons. The van der Waals surface area contributed by atoms with E-state index in [2.05, 4.69) is 22.0 Å². The fourth-order valence-corrected chi connectivity index (χ4v) is 2.09. The molecule has 3 heteroatoms. The molecule has 2 aromatic carbocycles. The SMILES string of the molecule is Fc1ccc(C(=CCCBr)c2ccc(F)cc2)cc1. The zero-order valence-electron chi connectivity index (χ0n) is 10.2. The van der Waals surface area contributed by atoms with Crippen LogP contribution in [-0.2, 0) is 0 Å². The highest BCUT2D eigenvalue weighted by Gasteiger charge is 2.05. The molecule has 0 saturated carbocycles. The first kappa shape index (κ1) is 13.9. The average molecular weight is 323 g/mol. The van der Waals surface area contributed by atoms with E-state index in [1.54, 1.807) is 24.3 Å². The lowest BCUT2D eigenvalue weighted by Gasteiger charge is -2.08. The fraction of sp³-hybridized carbons (Fsp3) is 0.125. The van der Waals surface area contributed by atoms with Crippen LogP contribution in [0.5, 0.6) is 0 Å². The Morgan fingerprint density at radius 2 is 1.26 bits per heavy atom. The van der Waals surface area contributed by atoms with Crippen molar-refractivity contribution in [2.24, 2.45) is 0 Å². The highest BCUT2D eigenvalue weighted by Crippen LogP contribution is 2.24. The molecule has 0 aromatic heterocycles. The van der Waals surface area contributed by atoms with Gasteiger partial charge in [0.1, 0.15) is 11.6 Å². The van der Waals surface area contributed by atoms with Gasteiger partial charge in [-0.3, -0.25) is 0 Å². The van der Waals surface area contributed by atoms with Crippen LogP contribution in [0, 0.1) is 11.6 Å². The van der Waals surface area contributed by atoms with E-state index >= 15 is 0 Å². The monoisotopic (exact) mass is 322 g/mol. The van der Waals surface area contributed by atoms with Crippen molar-refractivity contribution in [2.45, 2.75) is 6.42 Å². The van der Waals surface area contributed by atoms with Gasteiger partial charge in [-0.1, -0.05) is 46.3 Å². The largest absolute Gasteiger partial charge is 0.207 e. The summed E-state index contributed by atoms with van der Waals surface area (Å²) in [5.74, 6) is -0.523. The van der Waals surface area contributed by atoms with Crippen LogP contribution >= 0.6 is 15.9 Å². The van der Waals surface area contributed by atoms with Gasteiger partial charge in [-0.25, -0.2) is 8.78 Å². The number of hydrogen-bond donors (Lipinski definition) is 0. The van der Waals surface area contributed by atoms with Crippen molar-refractivity contribution in [3.63, 3.8) is 0 Å². The molecule has 0 aliphatic rings. The summed E-state index contributed by atoms with van der Waals surface area (Å²) in [6.45, 7) is 0. The standard InChI is InChI=1S/C16H13BrF2/c17-11-1-2-16(12-3-7-14(18)8-4-12)13-5-9-15(19)10-6-13/h2-10H,1,11H2. The third-order valence-corrected chi connectivity index (χ3v) is 3.23. The Morgan fingerprint density at radius 1 is 0.842 bits per heavy atom. The van der Waals surface area contributed by atoms with Crippen LogP contribution in [-0.4, -0.2) is 5.33 Å². The van der Waals surface area contributed by atoms with Crippen molar-refractivity contribution < 1.29 is 8.78 Å². The molecular weight excluding hydrogens is 310 g/mol.